The van der Waals surface area contributed by atoms with Gasteiger partial charge in [0.25, 0.3) is 0 Å². The summed E-state index contributed by atoms with van der Waals surface area (Å²) in [6, 6.07) is 9.09. The molecule has 5 heteroatoms. The molecule has 1 saturated heterocycles. The molecule has 1 aromatic carbocycles. The molecule has 2 N–H and O–H groups in total. The number of pyridine rings is 1. The first-order valence-corrected chi connectivity index (χ1v) is 8.30. The molecule has 1 aromatic heterocycles. The molecule has 0 spiro atoms. The Morgan fingerprint density at radius 3 is 2.92 bits per heavy atom. The number of nitrogens with one attached hydrogen (secondary N) is 2. The molecule has 4 atom stereocenters. The first-order chi connectivity index (χ1) is 11.5. The number of aromatic nitrogens is 1. The minimum Gasteiger partial charge on any atom is -0.335 e. The molecule has 5 nitrogen and oxygen atoms in total. The van der Waals surface area contributed by atoms with Gasteiger partial charge >= 0.3 is 0 Å². The Morgan fingerprint density at radius 2 is 2.21 bits per heavy atom. The van der Waals surface area contributed by atoms with E-state index in [9.17, 15) is 10.1 Å². The average Bonchev–Trinajstić information content (AvgIpc) is 2.96. The predicted molar refractivity (Wildman–Crippen MR) is 90.8 cm³/mol. The van der Waals surface area contributed by atoms with E-state index in [-0.39, 0.29) is 17.4 Å². The highest BCUT2D eigenvalue weighted by Gasteiger charge is 2.65. The Hall–Kier alpha value is -2.45. The number of piperidine rings is 1. The van der Waals surface area contributed by atoms with Crippen LogP contribution in [0.1, 0.15) is 25.5 Å². The summed E-state index contributed by atoms with van der Waals surface area (Å²) in [5, 5.41) is 17.7. The fourth-order valence-electron chi connectivity index (χ4n) is 4.26. The van der Waals surface area contributed by atoms with E-state index in [1.54, 1.807) is 12.4 Å². The van der Waals surface area contributed by atoms with Gasteiger partial charge in [0.15, 0.2) is 0 Å². The zero-order valence-corrected chi connectivity index (χ0v) is 13.8. The number of hydrogen-bond acceptors (Lipinski definition) is 4. The molecule has 122 valence electrons. The molecule has 1 aliphatic carbocycles. The molecule has 1 saturated carbocycles. The summed E-state index contributed by atoms with van der Waals surface area (Å²) in [4.78, 5) is 16.9. The van der Waals surface area contributed by atoms with Gasteiger partial charge in [0, 0.05) is 23.3 Å². The number of hydrogen-bond donors (Lipinski definition) is 2. The van der Waals surface area contributed by atoms with Gasteiger partial charge in [-0.1, -0.05) is 38.1 Å². The van der Waals surface area contributed by atoms with E-state index >= 15 is 0 Å². The van der Waals surface area contributed by atoms with E-state index in [0.29, 0.717) is 11.8 Å². The third-order valence-corrected chi connectivity index (χ3v) is 5.76. The lowest BCUT2D eigenvalue weighted by atomic mass is 10.00. The lowest BCUT2D eigenvalue weighted by molar-refractivity contribution is -0.124. The molecular formula is C19H20N4O. The maximum atomic E-state index is 12.7. The third kappa shape index (κ3) is 2.18. The second-order valence-electron chi connectivity index (χ2n) is 7.36. The summed E-state index contributed by atoms with van der Waals surface area (Å²) in [6.07, 6.45) is 3.44. The molecule has 2 fully saturated rings. The van der Waals surface area contributed by atoms with Crippen molar-refractivity contribution in [1.29, 1.82) is 5.26 Å². The van der Waals surface area contributed by atoms with Crippen molar-refractivity contribution >= 4 is 16.7 Å². The van der Waals surface area contributed by atoms with E-state index in [1.165, 1.54) is 0 Å². The van der Waals surface area contributed by atoms with Crippen LogP contribution in [0, 0.1) is 28.6 Å². The molecule has 2 heterocycles. The molecule has 2 aliphatic rings. The van der Waals surface area contributed by atoms with Crippen LogP contribution < -0.4 is 10.6 Å². The van der Waals surface area contributed by atoms with Crippen LogP contribution in [0.2, 0.25) is 0 Å². The summed E-state index contributed by atoms with van der Waals surface area (Å²) in [5.74, 6) is 0.836. The van der Waals surface area contributed by atoms with Crippen LogP contribution >= 0.6 is 0 Å². The Bertz CT molecular complexity index is 849. The second kappa shape index (κ2) is 5.29. The van der Waals surface area contributed by atoms with Gasteiger partial charge in [0.1, 0.15) is 6.04 Å². The first kappa shape index (κ1) is 15.1. The number of nitrogens with zero attached hydrogens (tertiary/aromatic N) is 2. The Kier molecular flexibility index (Phi) is 3.33. The Balaban J connectivity index is 1.58. The lowest BCUT2D eigenvalue weighted by Gasteiger charge is -2.21. The van der Waals surface area contributed by atoms with Crippen molar-refractivity contribution in [2.75, 3.05) is 6.54 Å². The maximum absolute atomic E-state index is 12.7. The van der Waals surface area contributed by atoms with Crippen molar-refractivity contribution in [3.8, 4) is 6.07 Å². The van der Waals surface area contributed by atoms with Gasteiger partial charge in [0.2, 0.25) is 5.91 Å². The van der Waals surface area contributed by atoms with Crippen molar-refractivity contribution in [2.24, 2.45) is 17.3 Å². The van der Waals surface area contributed by atoms with E-state index in [0.717, 1.165) is 22.9 Å². The van der Waals surface area contributed by atoms with Crippen molar-refractivity contribution in [3.63, 3.8) is 0 Å². The fourth-order valence-corrected chi connectivity index (χ4v) is 4.26. The van der Waals surface area contributed by atoms with E-state index < -0.39 is 6.04 Å². The van der Waals surface area contributed by atoms with Crippen LogP contribution in [-0.4, -0.2) is 23.5 Å². The van der Waals surface area contributed by atoms with E-state index in [2.05, 4.69) is 35.5 Å². The second-order valence-corrected chi connectivity index (χ2v) is 7.36. The normalized spacial score (nSPS) is 28.0. The first-order valence-electron chi connectivity index (χ1n) is 8.30. The Morgan fingerprint density at radius 1 is 1.42 bits per heavy atom. The summed E-state index contributed by atoms with van der Waals surface area (Å²) in [6.45, 7) is 5.29. The van der Waals surface area contributed by atoms with Gasteiger partial charge in [0.05, 0.1) is 12.1 Å². The fraction of sp³-hybridized carbons (Fsp3) is 0.421. The van der Waals surface area contributed by atoms with Crippen molar-refractivity contribution in [1.82, 2.24) is 15.6 Å². The number of carbonyl (C=O) groups excluding carboxylic acids is 1. The number of amides is 1. The summed E-state index contributed by atoms with van der Waals surface area (Å²) in [5.41, 5.74) is 0.963. The van der Waals surface area contributed by atoms with Gasteiger partial charge in [-0.2, -0.15) is 5.26 Å². The summed E-state index contributed by atoms with van der Waals surface area (Å²) >= 11 is 0. The number of rotatable bonds is 3. The van der Waals surface area contributed by atoms with Crippen molar-refractivity contribution in [3.05, 3.63) is 42.2 Å². The van der Waals surface area contributed by atoms with Crippen LogP contribution in [0.5, 0.6) is 0 Å². The molecule has 0 bridgehead atoms. The average molecular weight is 320 g/mol. The smallest absolute Gasteiger partial charge is 0.238 e. The topological polar surface area (TPSA) is 77.8 Å². The SMILES string of the molecule is CC1(C)C2CNC(C(=O)NC(C#N)c3cncc4ccccc34)C21. The molecule has 1 amide bonds. The quantitative estimate of drug-likeness (QED) is 0.908. The van der Waals surface area contributed by atoms with Gasteiger partial charge < -0.3 is 10.6 Å². The number of fused-ring (bicyclic) bond motifs is 2. The van der Waals surface area contributed by atoms with Crippen molar-refractivity contribution < 1.29 is 4.79 Å². The zero-order valence-electron chi connectivity index (χ0n) is 13.8. The summed E-state index contributed by atoms with van der Waals surface area (Å²) in [7, 11) is 0. The Labute approximate surface area is 141 Å². The third-order valence-electron chi connectivity index (χ3n) is 5.76. The molecule has 0 radical (unpaired) electrons. The highest BCUT2D eigenvalue weighted by Crippen LogP contribution is 2.62. The molecule has 4 rings (SSSR count). The zero-order chi connectivity index (χ0) is 16.9. The van der Waals surface area contributed by atoms with Crippen LogP contribution in [0.15, 0.2) is 36.7 Å². The molecule has 24 heavy (non-hydrogen) atoms. The number of benzene rings is 1. The number of carbonyl (C=O) groups is 1. The van der Waals surface area contributed by atoms with E-state index in [4.69, 9.17) is 0 Å². The standard InChI is InChI=1S/C19H20N4O/c1-19(2)14-10-22-17(16(14)19)18(24)23-15(7-20)13-9-21-8-11-5-3-4-6-12(11)13/h3-6,8-9,14-17,22H,10H2,1-2H3,(H,23,24). The molecule has 4 unspecified atom stereocenters. The minimum absolute atomic E-state index is 0.0902. The minimum atomic E-state index is -0.696. The van der Waals surface area contributed by atoms with Crippen LogP contribution in [0.4, 0.5) is 0 Å². The molecular weight excluding hydrogens is 300 g/mol. The van der Waals surface area contributed by atoms with Gasteiger partial charge in [-0.05, 0) is 29.2 Å². The van der Waals surface area contributed by atoms with E-state index in [1.807, 2.05) is 24.3 Å². The predicted octanol–water partition coefficient (Wildman–Crippen LogP) is 2.16. The van der Waals surface area contributed by atoms with Crippen LogP contribution in [-0.2, 0) is 4.79 Å². The van der Waals surface area contributed by atoms with Crippen molar-refractivity contribution in [2.45, 2.75) is 25.9 Å². The van der Waals surface area contributed by atoms with Gasteiger partial charge in [-0.25, -0.2) is 0 Å². The van der Waals surface area contributed by atoms with Gasteiger partial charge in [-0.3, -0.25) is 9.78 Å². The lowest BCUT2D eigenvalue weighted by Crippen LogP contribution is -2.45. The van der Waals surface area contributed by atoms with Gasteiger partial charge in [-0.15, -0.1) is 0 Å². The monoisotopic (exact) mass is 320 g/mol. The highest BCUT2D eigenvalue weighted by molar-refractivity contribution is 5.88. The highest BCUT2D eigenvalue weighted by atomic mass is 16.2. The molecule has 1 aliphatic heterocycles. The largest absolute Gasteiger partial charge is 0.335 e. The summed E-state index contributed by atoms with van der Waals surface area (Å²) < 4.78 is 0. The maximum Gasteiger partial charge on any atom is 0.238 e. The van der Waals surface area contributed by atoms with Crippen LogP contribution in [0.25, 0.3) is 10.8 Å². The molecule has 2 aromatic rings. The number of nitriles is 1. The van der Waals surface area contributed by atoms with Crippen LogP contribution in [0.3, 0.4) is 0 Å².